The van der Waals surface area contributed by atoms with Crippen LogP contribution in [0.25, 0.3) is 0 Å². The van der Waals surface area contributed by atoms with Crippen molar-refractivity contribution in [1.82, 2.24) is 5.32 Å². The fourth-order valence-electron chi connectivity index (χ4n) is 0.758. The highest BCUT2D eigenvalue weighted by Crippen LogP contribution is 2.33. The maximum atomic E-state index is 10.0. The number of nitrogens with one attached hydrogen (secondary N) is 1. The van der Waals surface area contributed by atoms with Crippen molar-refractivity contribution >= 4 is 18.0 Å². The van der Waals surface area contributed by atoms with Crippen LogP contribution < -0.4 is 11.1 Å². The maximum absolute atomic E-state index is 10.0. The number of hydrogen-bond donors (Lipinski definition) is 5. The predicted molar refractivity (Wildman–Crippen MR) is 47.5 cm³/mol. The van der Waals surface area contributed by atoms with E-state index in [9.17, 15) is 4.79 Å². The van der Waals surface area contributed by atoms with Crippen molar-refractivity contribution in [1.29, 1.82) is 0 Å². The Bertz CT molecular complexity index is 261. The van der Waals surface area contributed by atoms with Crippen LogP contribution in [0.2, 0.25) is 0 Å². The molecule has 0 aromatic heterocycles. The van der Waals surface area contributed by atoms with E-state index >= 15 is 0 Å². The summed E-state index contributed by atoms with van der Waals surface area (Å²) in [4.78, 5) is 28.2. The Hall–Kier alpha value is -1.83. The molecule has 0 saturated heterocycles. The van der Waals surface area contributed by atoms with Gasteiger partial charge in [0.2, 0.25) is 0 Å². The molecule has 8 nitrogen and oxygen atoms in total. The third kappa shape index (κ3) is 5.47. The number of aliphatic carboxylic acids is 2. The molecule has 6 N–H and O–H groups in total. The van der Waals surface area contributed by atoms with Gasteiger partial charge in [0.25, 0.3) is 0 Å². The number of amides is 1. The van der Waals surface area contributed by atoms with Gasteiger partial charge in [-0.15, -0.1) is 0 Å². The van der Waals surface area contributed by atoms with E-state index in [-0.39, 0.29) is 5.54 Å². The van der Waals surface area contributed by atoms with Crippen LogP contribution >= 0.6 is 0 Å². The van der Waals surface area contributed by atoms with Crippen LogP contribution in [0.4, 0.5) is 4.79 Å². The van der Waals surface area contributed by atoms with E-state index in [0.29, 0.717) is 6.54 Å². The molecule has 1 aliphatic carbocycles. The Morgan fingerprint density at radius 3 is 1.60 bits per heavy atom. The second-order valence-corrected chi connectivity index (χ2v) is 3.02. The van der Waals surface area contributed by atoms with Gasteiger partial charge in [-0.25, -0.2) is 14.4 Å². The molecule has 1 fully saturated rings. The van der Waals surface area contributed by atoms with Gasteiger partial charge < -0.3 is 26.4 Å². The summed E-state index contributed by atoms with van der Waals surface area (Å²) in [6, 6.07) is 0. The monoisotopic (exact) mass is 220 g/mol. The Morgan fingerprint density at radius 2 is 1.53 bits per heavy atom. The molecule has 1 aliphatic rings. The van der Waals surface area contributed by atoms with Gasteiger partial charge in [0.15, 0.2) is 0 Å². The number of nitrogens with two attached hydrogens (primary N) is 1. The van der Waals surface area contributed by atoms with E-state index in [1.807, 2.05) is 0 Å². The molecular formula is C7H12N2O6. The minimum absolute atomic E-state index is 0.258. The van der Waals surface area contributed by atoms with E-state index in [0.717, 1.165) is 12.8 Å². The highest BCUT2D eigenvalue weighted by Gasteiger charge is 2.42. The second kappa shape index (κ2) is 5.15. The van der Waals surface area contributed by atoms with E-state index < -0.39 is 18.0 Å². The highest BCUT2D eigenvalue weighted by molar-refractivity contribution is 6.27. The van der Waals surface area contributed by atoms with Gasteiger partial charge in [-0.2, -0.15) is 0 Å². The van der Waals surface area contributed by atoms with Crippen LogP contribution in [0, 0.1) is 0 Å². The predicted octanol–water partition coefficient (Wildman–Crippen LogP) is -1.10. The lowest BCUT2D eigenvalue weighted by atomic mass is 10.3. The Labute approximate surface area is 84.7 Å². The van der Waals surface area contributed by atoms with Gasteiger partial charge in [-0.1, -0.05) is 0 Å². The minimum atomic E-state index is -1.82. The molecule has 0 aliphatic heterocycles. The van der Waals surface area contributed by atoms with Crippen LogP contribution in [-0.2, 0) is 9.59 Å². The summed E-state index contributed by atoms with van der Waals surface area (Å²) < 4.78 is 0. The van der Waals surface area contributed by atoms with Crippen molar-refractivity contribution in [2.45, 2.75) is 18.4 Å². The number of carboxylic acids is 2. The highest BCUT2D eigenvalue weighted by atomic mass is 16.4. The molecule has 1 saturated carbocycles. The van der Waals surface area contributed by atoms with Crippen LogP contribution in [-0.4, -0.2) is 45.4 Å². The molecule has 0 bridgehead atoms. The fourth-order valence-corrected chi connectivity index (χ4v) is 0.758. The third-order valence-corrected chi connectivity index (χ3v) is 1.80. The van der Waals surface area contributed by atoms with Crippen LogP contribution in [0.5, 0.6) is 0 Å². The first-order chi connectivity index (χ1) is 6.83. The Kier molecular flexibility index (Phi) is 4.52. The molecule has 15 heavy (non-hydrogen) atoms. The van der Waals surface area contributed by atoms with E-state index in [1.54, 1.807) is 0 Å². The molecule has 1 rings (SSSR count). The topological polar surface area (TPSA) is 150 Å². The zero-order valence-corrected chi connectivity index (χ0v) is 7.77. The molecule has 1 amide bonds. The van der Waals surface area contributed by atoms with Gasteiger partial charge in [0.05, 0.1) is 5.54 Å². The molecular weight excluding hydrogens is 208 g/mol. The van der Waals surface area contributed by atoms with Gasteiger partial charge in [0, 0.05) is 6.54 Å². The lowest BCUT2D eigenvalue weighted by Crippen LogP contribution is -2.41. The molecule has 0 radical (unpaired) electrons. The molecule has 0 unspecified atom stereocenters. The summed E-state index contributed by atoms with van der Waals surface area (Å²) in [7, 11) is 0. The standard InChI is InChI=1S/C5H10N2O2.C2H2O4/c6-3-5(1-2-5)7-4(8)9;3-1(4)2(5)6/h7H,1-3,6H2,(H,8,9);(H,3,4)(H,5,6). The number of rotatable bonds is 2. The van der Waals surface area contributed by atoms with Crippen molar-refractivity contribution in [2.24, 2.45) is 5.73 Å². The summed E-state index contributed by atoms with van der Waals surface area (Å²) >= 11 is 0. The second-order valence-electron chi connectivity index (χ2n) is 3.02. The molecule has 0 aromatic carbocycles. The summed E-state index contributed by atoms with van der Waals surface area (Å²) in [6.07, 6.45) is 0.795. The van der Waals surface area contributed by atoms with Gasteiger partial charge in [-0.05, 0) is 12.8 Å². The van der Waals surface area contributed by atoms with Crippen molar-refractivity contribution in [3.63, 3.8) is 0 Å². The van der Waals surface area contributed by atoms with E-state index in [4.69, 9.17) is 30.6 Å². The first-order valence-corrected chi connectivity index (χ1v) is 4.00. The lowest BCUT2D eigenvalue weighted by molar-refractivity contribution is -0.159. The summed E-state index contributed by atoms with van der Waals surface area (Å²) in [5, 5.41) is 25.4. The van der Waals surface area contributed by atoms with Crippen molar-refractivity contribution in [2.75, 3.05) is 6.54 Å². The molecule has 86 valence electrons. The summed E-state index contributed by atoms with van der Waals surface area (Å²) in [6.45, 7) is 0.416. The number of carboxylic acid groups (broad SMARTS) is 3. The third-order valence-electron chi connectivity index (χ3n) is 1.80. The molecule has 0 aromatic rings. The van der Waals surface area contributed by atoms with E-state index in [2.05, 4.69) is 5.32 Å². The molecule has 0 heterocycles. The molecule has 0 atom stereocenters. The van der Waals surface area contributed by atoms with Crippen LogP contribution in [0.3, 0.4) is 0 Å². The Balaban J connectivity index is 0.000000288. The average molecular weight is 220 g/mol. The largest absolute Gasteiger partial charge is 0.473 e. The van der Waals surface area contributed by atoms with Crippen LogP contribution in [0.1, 0.15) is 12.8 Å². The number of hydrogen-bond acceptors (Lipinski definition) is 4. The van der Waals surface area contributed by atoms with E-state index in [1.165, 1.54) is 0 Å². The van der Waals surface area contributed by atoms with Gasteiger partial charge in [-0.3, -0.25) is 0 Å². The van der Waals surface area contributed by atoms with Crippen LogP contribution in [0.15, 0.2) is 0 Å². The maximum Gasteiger partial charge on any atom is 0.414 e. The van der Waals surface area contributed by atoms with Crippen molar-refractivity contribution in [3.05, 3.63) is 0 Å². The zero-order valence-electron chi connectivity index (χ0n) is 7.77. The molecule has 8 heteroatoms. The van der Waals surface area contributed by atoms with Crippen molar-refractivity contribution < 1.29 is 29.7 Å². The normalized spacial score (nSPS) is 15.5. The first-order valence-electron chi connectivity index (χ1n) is 4.00. The number of carbonyl (C=O) groups is 3. The van der Waals surface area contributed by atoms with Gasteiger partial charge >= 0.3 is 18.0 Å². The average Bonchev–Trinajstić information content (AvgIpc) is 2.85. The fraction of sp³-hybridized carbons (Fsp3) is 0.571. The quantitative estimate of drug-likeness (QED) is 0.370. The summed E-state index contributed by atoms with van der Waals surface area (Å²) in [5.41, 5.74) is 5.03. The minimum Gasteiger partial charge on any atom is -0.473 e. The van der Waals surface area contributed by atoms with Crippen molar-refractivity contribution in [3.8, 4) is 0 Å². The summed E-state index contributed by atoms with van der Waals surface area (Å²) in [5.74, 6) is -3.65. The smallest absolute Gasteiger partial charge is 0.414 e. The lowest BCUT2D eigenvalue weighted by Gasteiger charge is -2.10. The Morgan fingerprint density at radius 1 is 1.13 bits per heavy atom. The van der Waals surface area contributed by atoms with Gasteiger partial charge in [0.1, 0.15) is 0 Å². The zero-order chi connectivity index (χ0) is 12.1. The SMILES string of the molecule is NCC1(NC(=O)O)CC1.O=C(O)C(=O)O. The first kappa shape index (κ1) is 13.2. The molecule has 0 spiro atoms.